The van der Waals surface area contributed by atoms with Crippen molar-refractivity contribution >= 4 is 22.8 Å². The number of nitrogens with one attached hydrogen (secondary N) is 1. The molecular weight excluding hydrogens is 270 g/mol. The smallest absolute Gasteiger partial charge is 0.189 e. The van der Waals surface area contributed by atoms with Gasteiger partial charge in [0.05, 0.1) is 0 Å². The monoisotopic (exact) mass is 287 g/mol. The molecule has 4 rings (SSSR count). The number of aryl methyl sites for hydroxylation is 1. The molecule has 1 aliphatic carbocycles. The maximum Gasteiger partial charge on any atom is 0.189 e. The van der Waals surface area contributed by atoms with E-state index in [-0.39, 0.29) is 5.78 Å². The second-order valence-corrected chi connectivity index (χ2v) is 5.80. The van der Waals surface area contributed by atoms with Gasteiger partial charge in [-0.05, 0) is 37.0 Å². The molecule has 1 N–H and O–H groups in total. The zero-order chi connectivity index (χ0) is 14.9. The van der Waals surface area contributed by atoms with Crippen LogP contribution in [0.4, 0.5) is 0 Å². The lowest BCUT2D eigenvalue weighted by atomic mass is 9.98. The van der Waals surface area contributed by atoms with Gasteiger partial charge in [0.2, 0.25) is 0 Å². The molecule has 1 aliphatic rings. The molecule has 2 aromatic carbocycles. The summed E-state index contributed by atoms with van der Waals surface area (Å²) in [6.45, 7) is 0. The molecule has 0 bridgehead atoms. The summed E-state index contributed by atoms with van der Waals surface area (Å²) in [7, 11) is 0. The number of hydrogen-bond donors (Lipinski definition) is 1. The van der Waals surface area contributed by atoms with E-state index in [0.717, 1.165) is 41.5 Å². The molecule has 108 valence electrons. The van der Waals surface area contributed by atoms with Crippen LogP contribution in [0, 0.1) is 0 Å². The Morgan fingerprint density at radius 2 is 1.77 bits per heavy atom. The van der Waals surface area contributed by atoms with Crippen LogP contribution in [-0.2, 0) is 6.42 Å². The molecule has 0 aliphatic heterocycles. The van der Waals surface area contributed by atoms with Crippen LogP contribution in [-0.4, -0.2) is 10.8 Å². The molecule has 22 heavy (non-hydrogen) atoms. The minimum atomic E-state index is 0.179. The number of carbonyl (C=O) groups excluding carboxylic acids is 1. The summed E-state index contributed by atoms with van der Waals surface area (Å²) in [5.74, 6) is 0.179. The van der Waals surface area contributed by atoms with Crippen LogP contribution >= 0.6 is 0 Å². The van der Waals surface area contributed by atoms with Gasteiger partial charge < -0.3 is 4.98 Å². The van der Waals surface area contributed by atoms with Crippen molar-refractivity contribution in [3.63, 3.8) is 0 Å². The first-order valence-corrected chi connectivity index (χ1v) is 7.72. The van der Waals surface area contributed by atoms with Crippen molar-refractivity contribution in [2.24, 2.45) is 0 Å². The van der Waals surface area contributed by atoms with Gasteiger partial charge in [-0.3, -0.25) is 4.79 Å². The fourth-order valence-electron chi connectivity index (χ4n) is 3.25. The van der Waals surface area contributed by atoms with Gasteiger partial charge in [0.15, 0.2) is 5.78 Å². The largest absolute Gasteiger partial charge is 0.361 e. The quantitative estimate of drug-likeness (QED) is 0.507. The number of fused-ring (bicyclic) bond motifs is 2. The van der Waals surface area contributed by atoms with E-state index in [1.165, 1.54) is 10.9 Å². The number of carbonyl (C=O) groups is 1. The lowest BCUT2D eigenvalue weighted by Crippen LogP contribution is -2.03. The minimum absolute atomic E-state index is 0.179. The highest BCUT2D eigenvalue weighted by Crippen LogP contribution is 2.27. The Bertz CT molecular complexity index is 885. The number of allylic oxidation sites excluding steroid dienone is 1. The molecule has 1 aromatic heterocycles. The molecular formula is C20H17NO. The highest BCUT2D eigenvalue weighted by molar-refractivity contribution is 6.13. The van der Waals surface area contributed by atoms with Crippen LogP contribution in [0.1, 0.15) is 34.3 Å². The molecule has 0 unspecified atom stereocenters. The lowest BCUT2D eigenvalue weighted by Gasteiger charge is -2.04. The van der Waals surface area contributed by atoms with Crippen molar-refractivity contribution in [2.75, 3.05) is 0 Å². The molecule has 2 nitrogen and oxygen atoms in total. The Balaban J connectivity index is 1.80. The third kappa shape index (κ3) is 2.17. The fourth-order valence-corrected chi connectivity index (χ4v) is 3.25. The summed E-state index contributed by atoms with van der Waals surface area (Å²) < 4.78 is 0. The highest BCUT2D eigenvalue weighted by atomic mass is 16.1. The predicted molar refractivity (Wildman–Crippen MR) is 90.0 cm³/mol. The topological polar surface area (TPSA) is 32.9 Å². The average Bonchev–Trinajstić information content (AvgIpc) is 2.89. The van der Waals surface area contributed by atoms with Gasteiger partial charge in [0.25, 0.3) is 0 Å². The van der Waals surface area contributed by atoms with Crippen molar-refractivity contribution in [3.05, 3.63) is 77.0 Å². The van der Waals surface area contributed by atoms with E-state index in [1.807, 2.05) is 36.5 Å². The Labute approximate surface area is 129 Å². The van der Waals surface area contributed by atoms with E-state index in [1.54, 1.807) is 0 Å². The Kier molecular flexibility index (Phi) is 3.15. The average molecular weight is 287 g/mol. The molecule has 0 fully saturated rings. The second-order valence-electron chi connectivity index (χ2n) is 5.80. The van der Waals surface area contributed by atoms with Crippen LogP contribution in [0.25, 0.3) is 17.0 Å². The van der Waals surface area contributed by atoms with Crippen LogP contribution in [0.2, 0.25) is 0 Å². The van der Waals surface area contributed by atoms with Crippen LogP contribution < -0.4 is 0 Å². The van der Waals surface area contributed by atoms with Crippen molar-refractivity contribution < 1.29 is 4.79 Å². The van der Waals surface area contributed by atoms with E-state index in [2.05, 4.69) is 29.3 Å². The van der Waals surface area contributed by atoms with Gasteiger partial charge in [-0.15, -0.1) is 0 Å². The number of rotatable bonds is 1. The van der Waals surface area contributed by atoms with E-state index >= 15 is 0 Å². The first-order chi connectivity index (χ1) is 10.8. The Morgan fingerprint density at radius 1 is 0.955 bits per heavy atom. The molecule has 2 heteroatoms. The highest BCUT2D eigenvalue weighted by Gasteiger charge is 2.19. The van der Waals surface area contributed by atoms with Gasteiger partial charge in [-0.2, -0.15) is 0 Å². The van der Waals surface area contributed by atoms with Crippen molar-refractivity contribution in [1.82, 2.24) is 4.98 Å². The third-order valence-corrected chi connectivity index (χ3v) is 4.40. The van der Waals surface area contributed by atoms with Crippen molar-refractivity contribution in [3.8, 4) is 0 Å². The van der Waals surface area contributed by atoms with E-state index in [4.69, 9.17) is 0 Å². The van der Waals surface area contributed by atoms with Gasteiger partial charge in [-0.25, -0.2) is 0 Å². The normalized spacial score (nSPS) is 16.7. The number of para-hydroxylation sites is 1. The molecule has 3 aromatic rings. The lowest BCUT2D eigenvalue weighted by molar-refractivity contribution is 0.103. The third-order valence-electron chi connectivity index (χ3n) is 4.40. The maximum atomic E-state index is 12.8. The molecule has 1 heterocycles. The number of ketones is 1. The standard InChI is InChI=1S/C20H17NO/c22-20-15(8-5-7-14-6-1-2-10-18(14)20)12-16-13-21-19-11-4-3-9-17(16)19/h1-4,6,9-13,21H,5,7-8H2/b15-12+. The summed E-state index contributed by atoms with van der Waals surface area (Å²) in [6, 6.07) is 16.2. The zero-order valence-corrected chi connectivity index (χ0v) is 12.3. The summed E-state index contributed by atoms with van der Waals surface area (Å²) >= 11 is 0. The van der Waals surface area contributed by atoms with Crippen molar-refractivity contribution in [2.45, 2.75) is 19.3 Å². The Hall–Kier alpha value is -2.61. The first kappa shape index (κ1) is 13.1. The SMILES string of the molecule is O=C1/C(=C/c2c[nH]c3ccccc23)CCCc2ccccc21. The van der Waals surface area contributed by atoms with Crippen LogP contribution in [0.5, 0.6) is 0 Å². The molecule has 0 spiro atoms. The fraction of sp³-hybridized carbons (Fsp3) is 0.150. The summed E-state index contributed by atoms with van der Waals surface area (Å²) in [5.41, 5.74) is 5.16. The molecule has 0 atom stereocenters. The first-order valence-electron chi connectivity index (χ1n) is 7.72. The van der Waals surface area contributed by atoms with E-state index in [9.17, 15) is 4.79 Å². The van der Waals surface area contributed by atoms with E-state index < -0.39 is 0 Å². The van der Waals surface area contributed by atoms with Gasteiger partial charge in [-0.1, -0.05) is 42.5 Å². The number of aromatic amines is 1. The number of aromatic nitrogens is 1. The number of Topliss-reactive ketones (excluding diaryl/α,β-unsaturated/α-hetero) is 1. The molecule has 0 amide bonds. The molecule has 0 saturated carbocycles. The van der Waals surface area contributed by atoms with Gasteiger partial charge in [0.1, 0.15) is 0 Å². The zero-order valence-electron chi connectivity index (χ0n) is 12.3. The minimum Gasteiger partial charge on any atom is -0.361 e. The molecule has 0 saturated heterocycles. The summed E-state index contributed by atoms with van der Waals surface area (Å²) in [6.07, 6.45) is 6.89. The summed E-state index contributed by atoms with van der Waals surface area (Å²) in [5, 5.41) is 1.17. The van der Waals surface area contributed by atoms with Gasteiger partial charge >= 0.3 is 0 Å². The maximum absolute atomic E-state index is 12.8. The number of H-pyrrole nitrogens is 1. The van der Waals surface area contributed by atoms with Gasteiger partial charge in [0, 0.05) is 33.8 Å². The Morgan fingerprint density at radius 3 is 2.73 bits per heavy atom. The van der Waals surface area contributed by atoms with E-state index in [0.29, 0.717) is 0 Å². The number of hydrogen-bond acceptors (Lipinski definition) is 1. The van der Waals surface area contributed by atoms with Crippen LogP contribution in [0.15, 0.2) is 60.3 Å². The molecule has 0 radical (unpaired) electrons. The van der Waals surface area contributed by atoms with Crippen LogP contribution in [0.3, 0.4) is 0 Å². The van der Waals surface area contributed by atoms with Crippen molar-refractivity contribution in [1.29, 1.82) is 0 Å². The summed E-state index contributed by atoms with van der Waals surface area (Å²) in [4.78, 5) is 16.1. The predicted octanol–water partition coefficient (Wildman–Crippen LogP) is 4.77. The number of benzene rings is 2. The second kappa shape index (κ2) is 5.30.